The fourth-order valence-corrected chi connectivity index (χ4v) is 1.95. The van der Waals surface area contributed by atoms with Crippen molar-refractivity contribution in [1.82, 2.24) is 5.32 Å². The van der Waals surface area contributed by atoms with Gasteiger partial charge in [0.1, 0.15) is 18.3 Å². The molecule has 15 heavy (non-hydrogen) atoms. The highest BCUT2D eigenvalue weighted by Gasteiger charge is 2.48. The van der Waals surface area contributed by atoms with E-state index in [1.54, 1.807) is 0 Å². The molecule has 0 aromatic carbocycles. The average Bonchev–Trinajstić information content (AvgIpc) is 2.24. The lowest BCUT2D eigenvalue weighted by atomic mass is 9.98. The van der Waals surface area contributed by atoms with Crippen LogP contribution in [0.4, 0.5) is 0 Å². The maximum atomic E-state index is 9.77. The first-order valence-electron chi connectivity index (χ1n) is 4.62. The van der Waals surface area contributed by atoms with Crippen LogP contribution in [-0.4, -0.2) is 59.7 Å². The number of hydrogen-bond acceptors (Lipinski definition) is 6. The maximum absolute atomic E-state index is 9.77. The fraction of sp³-hybridized carbons (Fsp3) is 0.875. The molecule has 5 atom stereocenters. The predicted octanol–water partition coefficient (Wildman–Crippen LogP) is -1.65. The number of aliphatic hydroxyl groups excluding tert-OH is 2. The van der Waals surface area contributed by atoms with E-state index in [0.717, 1.165) is 0 Å². The van der Waals surface area contributed by atoms with Gasteiger partial charge in [0, 0.05) is 13.7 Å². The van der Waals surface area contributed by atoms with Crippen molar-refractivity contribution in [2.45, 2.75) is 30.7 Å². The lowest BCUT2D eigenvalue weighted by Gasteiger charge is -2.44. The largest absolute Gasteiger partial charge is 0.462 e. The molecule has 0 radical (unpaired) electrons. The number of hydrogen-bond donors (Lipinski definition) is 3. The van der Waals surface area contributed by atoms with Crippen molar-refractivity contribution >= 4 is 17.4 Å². The van der Waals surface area contributed by atoms with Crippen LogP contribution in [-0.2, 0) is 14.2 Å². The molecule has 2 rings (SSSR count). The molecule has 2 saturated heterocycles. The predicted molar refractivity (Wildman–Crippen MR) is 53.2 cm³/mol. The maximum Gasteiger partial charge on any atom is 0.257 e. The molecule has 0 bridgehead atoms. The Morgan fingerprint density at radius 1 is 1.47 bits per heavy atom. The van der Waals surface area contributed by atoms with E-state index >= 15 is 0 Å². The smallest absolute Gasteiger partial charge is 0.257 e. The van der Waals surface area contributed by atoms with Crippen molar-refractivity contribution in [2.75, 3.05) is 13.7 Å². The van der Waals surface area contributed by atoms with Crippen LogP contribution in [0.5, 0.6) is 0 Å². The highest BCUT2D eigenvalue weighted by atomic mass is 32.1. The zero-order valence-electron chi connectivity index (χ0n) is 8.12. The molecule has 3 N–H and O–H groups in total. The SMILES string of the molecule is CO[C@H]1O[C@@H]2CNC(=S)O[C@H]2[C@H](O)[C@@H]1O. The average molecular weight is 235 g/mol. The number of aliphatic hydroxyl groups is 2. The summed E-state index contributed by atoms with van der Waals surface area (Å²) in [5.74, 6) is 0. The molecule has 0 saturated carbocycles. The van der Waals surface area contributed by atoms with Crippen molar-refractivity contribution in [3.63, 3.8) is 0 Å². The number of fused-ring (bicyclic) bond motifs is 1. The van der Waals surface area contributed by atoms with Gasteiger partial charge in [-0.05, 0) is 12.2 Å². The molecular weight excluding hydrogens is 222 g/mol. The molecular formula is C8H13NO5S. The topological polar surface area (TPSA) is 80.2 Å². The van der Waals surface area contributed by atoms with Crippen LogP contribution >= 0.6 is 12.2 Å². The summed E-state index contributed by atoms with van der Waals surface area (Å²) in [7, 11) is 1.41. The van der Waals surface area contributed by atoms with Gasteiger partial charge in [0.05, 0.1) is 0 Å². The Hall–Kier alpha value is -0.470. The van der Waals surface area contributed by atoms with E-state index in [0.29, 0.717) is 6.54 Å². The minimum absolute atomic E-state index is 0.210. The van der Waals surface area contributed by atoms with Crippen LogP contribution in [0.2, 0.25) is 0 Å². The Kier molecular flexibility index (Phi) is 3.08. The molecule has 7 heteroatoms. The van der Waals surface area contributed by atoms with Gasteiger partial charge in [-0.3, -0.25) is 0 Å². The van der Waals surface area contributed by atoms with Crippen LogP contribution < -0.4 is 5.32 Å². The van der Waals surface area contributed by atoms with Gasteiger partial charge in [-0.25, -0.2) is 0 Å². The quantitative estimate of drug-likeness (QED) is 0.470. The third-order valence-corrected chi connectivity index (χ3v) is 2.80. The van der Waals surface area contributed by atoms with E-state index in [1.807, 2.05) is 0 Å². The molecule has 2 aliphatic rings. The van der Waals surface area contributed by atoms with Gasteiger partial charge < -0.3 is 29.7 Å². The summed E-state index contributed by atoms with van der Waals surface area (Å²) in [4.78, 5) is 0. The highest BCUT2D eigenvalue weighted by molar-refractivity contribution is 7.80. The van der Waals surface area contributed by atoms with Crippen molar-refractivity contribution in [2.24, 2.45) is 0 Å². The molecule has 2 aliphatic heterocycles. The van der Waals surface area contributed by atoms with E-state index in [9.17, 15) is 10.2 Å². The van der Waals surface area contributed by atoms with Gasteiger partial charge in [0.15, 0.2) is 12.4 Å². The molecule has 0 aromatic rings. The summed E-state index contributed by atoms with van der Waals surface area (Å²) in [6, 6.07) is 0. The van der Waals surface area contributed by atoms with Crippen molar-refractivity contribution in [3.8, 4) is 0 Å². The third-order valence-electron chi connectivity index (χ3n) is 2.56. The van der Waals surface area contributed by atoms with E-state index in [1.165, 1.54) is 7.11 Å². The number of methoxy groups -OCH3 is 1. The molecule has 0 aromatic heterocycles. The second-order valence-corrected chi connectivity index (χ2v) is 3.88. The van der Waals surface area contributed by atoms with Gasteiger partial charge in [0.25, 0.3) is 5.17 Å². The fourth-order valence-electron chi connectivity index (χ4n) is 1.76. The minimum atomic E-state index is -1.13. The van der Waals surface area contributed by atoms with Crippen molar-refractivity contribution in [3.05, 3.63) is 0 Å². The Morgan fingerprint density at radius 3 is 2.87 bits per heavy atom. The van der Waals surface area contributed by atoms with Gasteiger partial charge in [0.2, 0.25) is 0 Å². The summed E-state index contributed by atoms with van der Waals surface area (Å²) in [5, 5.41) is 22.4. The third kappa shape index (κ3) is 1.93. The molecule has 0 aliphatic carbocycles. The van der Waals surface area contributed by atoms with Crippen LogP contribution in [0, 0.1) is 0 Å². The summed E-state index contributed by atoms with van der Waals surface area (Å²) < 4.78 is 15.5. The van der Waals surface area contributed by atoms with Gasteiger partial charge >= 0.3 is 0 Å². The molecule has 6 nitrogen and oxygen atoms in total. The summed E-state index contributed by atoms with van der Waals surface area (Å²) in [6.07, 6.45) is -4.04. The number of nitrogens with one attached hydrogen (secondary N) is 1. The standard InChI is InChI=1S/C8H13NO5S/c1-12-7-5(11)4(10)6-3(13-7)2-9-8(15)14-6/h3-7,10-11H,2H2,1H3,(H,9,15)/t3-,4-,5+,6-,7+/m1/s1. The van der Waals surface area contributed by atoms with Gasteiger partial charge in [-0.2, -0.15) is 0 Å². The minimum Gasteiger partial charge on any atom is -0.462 e. The molecule has 2 heterocycles. The Labute approximate surface area is 92.1 Å². The number of ether oxygens (including phenoxy) is 3. The molecule has 0 spiro atoms. The van der Waals surface area contributed by atoms with Crippen molar-refractivity contribution in [1.29, 1.82) is 0 Å². The van der Waals surface area contributed by atoms with Crippen LogP contribution in [0.25, 0.3) is 0 Å². The van der Waals surface area contributed by atoms with Gasteiger partial charge in [-0.15, -0.1) is 0 Å². The van der Waals surface area contributed by atoms with E-state index in [-0.39, 0.29) is 11.3 Å². The first-order chi connectivity index (χ1) is 7.13. The zero-order chi connectivity index (χ0) is 11.0. The Morgan fingerprint density at radius 2 is 2.20 bits per heavy atom. The molecule has 0 unspecified atom stereocenters. The summed E-state index contributed by atoms with van der Waals surface area (Å²) in [6.45, 7) is 0.438. The lowest BCUT2D eigenvalue weighted by molar-refractivity contribution is -0.289. The highest BCUT2D eigenvalue weighted by Crippen LogP contribution is 2.25. The monoisotopic (exact) mass is 235 g/mol. The zero-order valence-corrected chi connectivity index (χ0v) is 8.94. The Balaban J connectivity index is 2.11. The molecule has 0 amide bonds. The molecule has 86 valence electrons. The summed E-state index contributed by atoms with van der Waals surface area (Å²) in [5.41, 5.74) is 0. The Bertz CT molecular complexity index is 261. The van der Waals surface area contributed by atoms with Crippen LogP contribution in [0.1, 0.15) is 0 Å². The first kappa shape index (κ1) is 11.0. The van der Waals surface area contributed by atoms with Crippen LogP contribution in [0.3, 0.4) is 0 Å². The molecule has 2 fully saturated rings. The number of rotatable bonds is 1. The van der Waals surface area contributed by atoms with E-state index in [4.69, 9.17) is 26.4 Å². The first-order valence-corrected chi connectivity index (χ1v) is 5.03. The normalized spacial score (nSPS) is 45.3. The second-order valence-electron chi connectivity index (χ2n) is 3.51. The summed E-state index contributed by atoms with van der Waals surface area (Å²) >= 11 is 4.81. The van der Waals surface area contributed by atoms with Crippen molar-refractivity contribution < 1.29 is 24.4 Å². The van der Waals surface area contributed by atoms with Crippen LogP contribution in [0.15, 0.2) is 0 Å². The van der Waals surface area contributed by atoms with E-state index in [2.05, 4.69) is 5.32 Å². The van der Waals surface area contributed by atoms with Gasteiger partial charge in [-0.1, -0.05) is 0 Å². The second kappa shape index (κ2) is 4.18. The lowest BCUT2D eigenvalue weighted by Crippen LogP contribution is -2.64. The van der Waals surface area contributed by atoms with E-state index < -0.39 is 24.6 Å². The number of thiocarbonyl (C=S) groups is 1.